The van der Waals surface area contributed by atoms with Crippen LogP contribution in [0.1, 0.15) is 59.8 Å². The second kappa shape index (κ2) is 10.4. The van der Waals surface area contributed by atoms with Gasteiger partial charge in [-0.3, -0.25) is 0 Å². The molecule has 1 N–H and O–H groups in total. The van der Waals surface area contributed by atoms with Gasteiger partial charge in [0.25, 0.3) is 0 Å². The monoisotopic (exact) mass is 217 g/mol. The van der Waals surface area contributed by atoms with Gasteiger partial charge < -0.3 is 9.96 Å². The number of unbranched alkanes of at least 4 members (excludes halogenated alkanes) is 2. The zero-order valence-corrected chi connectivity index (χ0v) is 11.3. The molecule has 0 amide bonds. The van der Waals surface area contributed by atoms with E-state index in [1.165, 1.54) is 62.8 Å². The van der Waals surface area contributed by atoms with Crippen LogP contribution in [0.4, 0.5) is 0 Å². The first-order valence-electron chi connectivity index (χ1n) is 6.59. The summed E-state index contributed by atoms with van der Waals surface area (Å²) in [6.45, 7) is 14.8. The van der Waals surface area contributed by atoms with Gasteiger partial charge in [0.05, 0.1) is 26.2 Å². The summed E-state index contributed by atoms with van der Waals surface area (Å²) in [4.78, 5) is 0. The van der Waals surface area contributed by atoms with Crippen LogP contribution in [0.2, 0.25) is 0 Å². The number of hydrogen-bond donors (Lipinski definition) is 0. The van der Waals surface area contributed by atoms with Crippen LogP contribution < -0.4 is 0 Å². The molecule has 0 aliphatic carbocycles. The molecule has 0 spiro atoms. The summed E-state index contributed by atoms with van der Waals surface area (Å²) in [7, 11) is 0. The van der Waals surface area contributed by atoms with Gasteiger partial charge in [0.15, 0.2) is 0 Å². The van der Waals surface area contributed by atoms with Crippen molar-refractivity contribution < 1.29 is 9.96 Å². The minimum Gasteiger partial charge on any atom is -0.870 e. The van der Waals surface area contributed by atoms with E-state index in [4.69, 9.17) is 0 Å². The fourth-order valence-electron chi connectivity index (χ4n) is 2.27. The third-order valence-corrected chi connectivity index (χ3v) is 3.34. The van der Waals surface area contributed by atoms with E-state index in [0.717, 1.165) is 0 Å². The molecule has 0 saturated carbocycles. The van der Waals surface area contributed by atoms with E-state index in [0.29, 0.717) is 0 Å². The van der Waals surface area contributed by atoms with E-state index in [-0.39, 0.29) is 5.48 Å². The van der Waals surface area contributed by atoms with Crippen molar-refractivity contribution in [3.8, 4) is 0 Å². The van der Waals surface area contributed by atoms with Crippen molar-refractivity contribution in [3.63, 3.8) is 0 Å². The van der Waals surface area contributed by atoms with Crippen LogP contribution in [0.25, 0.3) is 0 Å². The Hall–Kier alpha value is -0.0800. The highest BCUT2D eigenvalue weighted by molar-refractivity contribution is 4.45. The molecule has 0 heterocycles. The predicted molar refractivity (Wildman–Crippen MR) is 67.4 cm³/mol. The fraction of sp³-hybridized carbons (Fsp3) is 1.00. The quantitative estimate of drug-likeness (QED) is 0.542. The Bertz CT molecular complexity index is 118. The van der Waals surface area contributed by atoms with Crippen LogP contribution in [0.15, 0.2) is 0 Å². The van der Waals surface area contributed by atoms with Crippen molar-refractivity contribution in [3.05, 3.63) is 0 Å². The molecule has 0 aliphatic heterocycles. The van der Waals surface area contributed by atoms with Crippen LogP contribution in [0, 0.1) is 0 Å². The molecule has 0 rings (SSSR count). The van der Waals surface area contributed by atoms with Gasteiger partial charge in [-0.05, 0) is 26.2 Å². The Kier molecular flexibility index (Phi) is 12.1. The first-order valence-corrected chi connectivity index (χ1v) is 6.59. The normalized spacial score (nSPS) is 11.2. The molecule has 0 aromatic heterocycles. The molecule has 0 saturated heterocycles. The van der Waals surface area contributed by atoms with E-state index in [1.54, 1.807) is 0 Å². The van der Waals surface area contributed by atoms with E-state index < -0.39 is 0 Å². The lowest BCUT2D eigenvalue weighted by atomic mass is 10.2. The van der Waals surface area contributed by atoms with Crippen LogP contribution in [-0.4, -0.2) is 36.1 Å². The third kappa shape index (κ3) is 6.91. The molecule has 2 heteroatoms. The van der Waals surface area contributed by atoms with Crippen molar-refractivity contribution >= 4 is 0 Å². The van der Waals surface area contributed by atoms with Gasteiger partial charge in [-0.25, -0.2) is 0 Å². The molecule has 0 aromatic rings. The number of nitrogens with zero attached hydrogens (tertiary/aromatic N) is 1. The van der Waals surface area contributed by atoms with Gasteiger partial charge in [0.2, 0.25) is 0 Å². The number of rotatable bonds is 9. The highest BCUT2D eigenvalue weighted by Gasteiger charge is 2.22. The summed E-state index contributed by atoms with van der Waals surface area (Å²) in [5, 5.41) is 0. The first-order chi connectivity index (χ1) is 6.74. The molecule has 0 aliphatic rings. The maximum absolute atomic E-state index is 2.36. The summed E-state index contributed by atoms with van der Waals surface area (Å²) in [5.74, 6) is 0. The van der Waals surface area contributed by atoms with Crippen molar-refractivity contribution in [1.82, 2.24) is 0 Å². The topological polar surface area (TPSA) is 30.0 Å². The Morgan fingerprint density at radius 1 is 0.667 bits per heavy atom. The summed E-state index contributed by atoms with van der Waals surface area (Å²) in [6, 6.07) is 0. The molecule has 15 heavy (non-hydrogen) atoms. The minimum atomic E-state index is 0. The zero-order valence-electron chi connectivity index (χ0n) is 11.3. The Balaban J connectivity index is 0. The summed E-state index contributed by atoms with van der Waals surface area (Å²) >= 11 is 0. The van der Waals surface area contributed by atoms with Crippen LogP contribution in [0.3, 0.4) is 0 Å². The lowest BCUT2D eigenvalue weighted by Gasteiger charge is -2.38. The second-order valence-electron chi connectivity index (χ2n) is 4.54. The molecule has 2 nitrogen and oxygen atoms in total. The summed E-state index contributed by atoms with van der Waals surface area (Å²) < 4.78 is 1.37. The van der Waals surface area contributed by atoms with Gasteiger partial charge in [-0.1, -0.05) is 33.6 Å². The van der Waals surface area contributed by atoms with Crippen LogP contribution in [-0.2, 0) is 0 Å². The van der Waals surface area contributed by atoms with Crippen molar-refractivity contribution in [1.29, 1.82) is 0 Å². The maximum atomic E-state index is 2.36. The van der Waals surface area contributed by atoms with E-state index >= 15 is 0 Å². The molecule has 0 radical (unpaired) electrons. The second-order valence-corrected chi connectivity index (χ2v) is 4.54. The average Bonchev–Trinajstić information content (AvgIpc) is 2.22. The molecular formula is C13H31NO. The first kappa shape index (κ1) is 17.3. The molecule has 0 bridgehead atoms. The molecule has 0 atom stereocenters. The van der Waals surface area contributed by atoms with Gasteiger partial charge in [0.1, 0.15) is 0 Å². The minimum absolute atomic E-state index is 0. The Morgan fingerprint density at radius 2 is 1.13 bits per heavy atom. The van der Waals surface area contributed by atoms with E-state index in [1.807, 2.05) is 0 Å². The summed E-state index contributed by atoms with van der Waals surface area (Å²) in [5.41, 5.74) is 0. The molecule has 0 aromatic carbocycles. The Morgan fingerprint density at radius 3 is 1.40 bits per heavy atom. The Labute approximate surface area is 96.6 Å². The maximum Gasteiger partial charge on any atom is 0.0786 e. The van der Waals surface area contributed by atoms with E-state index in [2.05, 4.69) is 27.7 Å². The molecule has 94 valence electrons. The standard InChI is InChI=1S/C13H30N.H2O/c1-5-9-12-14(8-4,11-7-3)13-10-6-2;/h5-13H2,1-4H3;1H2/q+1;/p-1. The van der Waals surface area contributed by atoms with Crippen molar-refractivity contribution in [2.45, 2.75) is 59.8 Å². The van der Waals surface area contributed by atoms with Gasteiger partial charge in [0, 0.05) is 0 Å². The molecular weight excluding hydrogens is 186 g/mol. The lowest BCUT2D eigenvalue weighted by molar-refractivity contribution is -0.927. The number of quaternary nitrogens is 1. The van der Waals surface area contributed by atoms with E-state index in [9.17, 15) is 0 Å². The van der Waals surface area contributed by atoms with Crippen molar-refractivity contribution in [2.24, 2.45) is 0 Å². The lowest BCUT2D eigenvalue weighted by Crippen LogP contribution is -2.49. The van der Waals surface area contributed by atoms with Gasteiger partial charge in [-0.15, -0.1) is 0 Å². The van der Waals surface area contributed by atoms with Gasteiger partial charge in [-0.2, -0.15) is 0 Å². The third-order valence-electron chi connectivity index (χ3n) is 3.34. The smallest absolute Gasteiger partial charge is 0.0786 e. The van der Waals surface area contributed by atoms with Crippen molar-refractivity contribution in [2.75, 3.05) is 26.2 Å². The fourth-order valence-corrected chi connectivity index (χ4v) is 2.27. The molecule has 0 fully saturated rings. The van der Waals surface area contributed by atoms with Gasteiger partial charge >= 0.3 is 0 Å². The predicted octanol–water partition coefficient (Wildman–Crippen LogP) is 3.66. The van der Waals surface area contributed by atoms with Crippen LogP contribution >= 0.6 is 0 Å². The summed E-state index contributed by atoms with van der Waals surface area (Å²) in [6.07, 6.45) is 6.82. The SMILES string of the molecule is CCCC[N+](CC)(CCC)CCCC.[OH-]. The average molecular weight is 217 g/mol. The largest absolute Gasteiger partial charge is 0.870 e. The highest BCUT2D eigenvalue weighted by Crippen LogP contribution is 2.12. The molecule has 0 unspecified atom stereocenters. The highest BCUT2D eigenvalue weighted by atomic mass is 16.0. The zero-order chi connectivity index (χ0) is 10.9. The number of hydrogen-bond acceptors (Lipinski definition) is 1. The van der Waals surface area contributed by atoms with Crippen LogP contribution in [0.5, 0.6) is 0 Å².